The Morgan fingerprint density at radius 3 is 2.88 bits per heavy atom. The van der Waals surface area contributed by atoms with E-state index in [-0.39, 0.29) is 5.82 Å². The average molecular weight is 298 g/mol. The molecule has 0 radical (unpaired) electrons. The smallest absolute Gasteiger partial charge is 0.124 e. The van der Waals surface area contributed by atoms with Gasteiger partial charge in [-0.3, -0.25) is 0 Å². The number of hydrogen-bond acceptors (Lipinski definition) is 2. The first-order valence-electron chi connectivity index (χ1n) is 5.27. The van der Waals surface area contributed by atoms with Crippen molar-refractivity contribution in [3.8, 4) is 0 Å². The van der Waals surface area contributed by atoms with Gasteiger partial charge in [-0.2, -0.15) is 0 Å². The van der Waals surface area contributed by atoms with E-state index in [4.69, 9.17) is 0 Å². The summed E-state index contributed by atoms with van der Waals surface area (Å²) in [5.41, 5.74) is 1.03. The molecule has 5 heteroatoms. The maximum Gasteiger partial charge on any atom is 0.124 e. The van der Waals surface area contributed by atoms with Gasteiger partial charge in [-0.25, -0.2) is 9.37 Å². The Morgan fingerprint density at radius 2 is 2.24 bits per heavy atom. The summed E-state index contributed by atoms with van der Waals surface area (Å²) in [6.45, 7) is 1.36. The molecule has 0 spiro atoms. The van der Waals surface area contributed by atoms with E-state index in [2.05, 4.69) is 26.2 Å². The third kappa shape index (κ3) is 3.14. The molecule has 0 fully saturated rings. The number of nitrogens with one attached hydrogen (secondary N) is 1. The van der Waals surface area contributed by atoms with E-state index in [1.54, 1.807) is 12.3 Å². The number of rotatable bonds is 4. The van der Waals surface area contributed by atoms with Crippen molar-refractivity contribution < 1.29 is 4.39 Å². The van der Waals surface area contributed by atoms with Crippen LogP contribution in [0.2, 0.25) is 0 Å². The van der Waals surface area contributed by atoms with Gasteiger partial charge in [-0.05, 0) is 17.7 Å². The monoisotopic (exact) mass is 297 g/mol. The predicted molar refractivity (Wildman–Crippen MR) is 67.9 cm³/mol. The second-order valence-corrected chi connectivity index (χ2v) is 4.65. The first kappa shape index (κ1) is 12.3. The van der Waals surface area contributed by atoms with Gasteiger partial charge in [0.1, 0.15) is 11.6 Å². The van der Waals surface area contributed by atoms with E-state index in [0.29, 0.717) is 13.1 Å². The lowest BCUT2D eigenvalue weighted by Crippen LogP contribution is -2.16. The number of imidazole rings is 1. The Balaban J connectivity index is 1.92. The molecule has 17 heavy (non-hydrogen) atoms. The van der Waals surface area contributed by atoms with Crippen LogP contribution in [-0.4, -0.2) is 9.55 Å². The molecule has 0 aliphatic rings. The summed E-state index contributed by atoms with van der Waals surface area (Å²) < 4.78 is 15.6. The number of aryl methyl sites for hydroxylation is 1. The van der Waals surface area contributed by atoms with Crippen molar-refractivity contribution in [3.05, 3.63) is 52.3 Å². The molecule has 2 aromatic rings. The molecule has 0 atom stereocenters. The van der Waals surface area contributed by atoms with E-state index in [1.807, 2.05) is 17.8 Å². The summed E-state index contributed by atoms with van der Waals surface area (Å²) in [5.74, 6) is 0.743. The van der Waals surface area contributed by atoms with Gasteiger partial charge >= 0.3 is 0 Å². The fraction of sp³-hybridized carbons (Fsp3) is 0.250. The molecule has 0 bridgehead atoms. The van der Waals surface area contributed by atoms with Crippen molar-refractivity contribution in [3.63, 3.8) is 0 Å². The average Bonchev–Trinajstić information content (AvgIpc) is 2.68. The van der Waals surface area contributed by atoms with Crippen molar-refractivity contribution in [2.45, 2.75) is 13.1 Å². The molecule has 1 aromatic heterocycles. The largest absolute Gasteiger partial charge is 0.337 e. The zero-order chi connectivity index (χ0) is 12.3. The zero-order valence-electron chi connectivity index (χ0n) is 9.45. The molecule has 0 aliphatic heterocycles. The molecule has 0 saturated heterocycles. The molecule has 0 unspecified atom stereocenters. The summed E-state index contributed by atoms with van der Waals surface area (Å²) in [7, 11) is 1.96. The highest BCUT2D eigenvalue weighted by Crippen LogP contribution is 2.17. The molecule has 0 amide bonds. The SMILES string of the molecule is Cn1ccnc1CNCc1ccc(F)cc1Br. The standard InChI is InChI=1S/C12H13BrFN3/c1-17-5-4-16-12(17)8-15-7-9-2-3-10(14)6-11(9)13/h2-6,15H,7-8H2,1H3. The van der Waals surface area contributed by atoms with E-state index < -0.39 is 0 Å². The first-order valence-corrected chi connectivity index (χ1v) is 6.07. The minimum atomic E-state index is -0.232. The molecular weight excluding hydrogens is 285 g/mol. The molecular formula is C12H13BrFN3. The highest BCUT2D eigenvalue weighted by atomic mass is 79.9. The third-order valence-electron chi connectivity index (χ3n) is 2.53. The van der Waals surface area contributed by atoms with Crippen LogP contribution in [0.1, 0.15) is 11.4 Å². The molecule has 1 N–H and O–H groups in total. The maximum absolute atomic E-state index is 12.9. The van der Waals surface area contributed by atoms with Crippen LogP contribution in [-0.2, 0) is 20.1 Å². The second kappa shape index (κ2) is 5.42. The van der Waals surface area contributed by atoms with Crippen molar-refractivity contribution in [2.75, 3.05) is 0 Å². The molecule has 90 valence electrons. The summed E-state index contributed by atoms with van der Waals surface area (Å²) in [4.78, 5) is 4.21. The maximum atomic E-state index is 12.9. The van der Waals surface area contributed by atoms with Gasteiger partial charge in [-0.15, -0.1) is 0 Å². The van der Waals surface area contributed by atoms with Gasteiger partial charge in [0.2, 0.25) is 0 Å². The van der Waals surface area contributed by atoms with E-state index in [1.165, 1.54) is 12.1 Å². The fourth-order valence-electron chi connectivity index (χ4n) is 1.54. The summed E-state index contributed by atoms with van der Waals surface area (Å²) in [6.07, 6.45) is 3.68. The van der Waals surface area contributed by atoms with Crippen molar-refractivity contribution in [1.82, 2.24) is 14.9 Å². The van der Waals surface area contributed by atoms with Crippen LogP contribution in [0, 0.1) is 5.82 Å². The first-order chi connectivity index (χ1) is 8.16. The number of nitrogens with zero attached hydrogens (tertiary/aromatic N) is 2. The normalized spacial score (nSPS) is 10.8. The molecule has 1 aromatic carbocycles. The minimum absolute atomic E-state index is 0.232. The zero-order valence-corrected chi connectivity index (χ0v) is 11.0. The van der Waals surface area contributed by atoms with Crippen LogP contribution < -0.4 is 5.32 Å². The predicted octanol–water partition coefficient (Wildman–Crippen LogP) is 2.61. The van der Waals surface area contributed by atoms with Crippen LogP contribution in [0.5, 0.6) is 0 Å². The lowest BCUT2D eigenvalue weighted by molar-refractivity contribution is 0.618. The third-order valence-corrected chi connectivity index (χ3v) is 3.27. The molecule has 0 saturated carbocycles. The molecule has 0 aliphatic carbocycles. The highest BCUT2D eigenvalue weighted by molar-refractivity contribution is 9.10. The quantitative estimate of drug-likeness (QED) is 0.940. The van der Waals surface area contributed by atoms with Gasteiger partial charge in [0.05, 0.1) is 6.54 Å². The highest BCUT2D eigenvalue weighted by Gasteiger charge is 2.02. The number of halogens is 2. The Hall–Kier alpha value is -1.20. The summed E-state index contributed by atoms with van der Waals surface area (Å²) >= 11 is 3.34. The van der Waals surface area contributed by atoms with Crippen molar-refractivity contribution >= 4 is 15.9 Å². The van der Waals surface area contributed by atoms with Crippen LogP contribution >= 0.6 is 15.9 Å². The molecule has 2 rings (SSSR count). The Bertz CT molecular complexity index is 510. The van der Waals surface area contributed by atoms with Gasteiger partial charge in [0.15, 0.2) is 0 Å². The van der Waals surface area contributed by atoms with Crippen LogP contribution in [0.4, 0.5) is 4.39 Å². The Morgan fingerprint density at radius 1 is 1.41 bits per heavy atom. The van der Waals surface area contributed by atoms with E-state index >= 15 is 0 Å². The summed E-state index contributed by atoms with van der Waals surface area (Å²) in [5, 5.41) is 3.27. The van der Waals surface area contributed by atoms with Crippen molar-refractivity contribution in [1.29, 1.82) is 0 Å². The van der Waals surface area contributed by atoms with Crippen LogP contribution in [0.25, 0.3) is 0 Å². The van der Waals surface area contributed by atoms with Crippen molar-refractivity contribution in [2.24, 2.45) is 7.05 Å². The van der Waals surface area contributed by atoms with E-state index in [0.717, 1.165) is 15.9 Å². The van der Waals surface area contributed by atoms with Crippen LogP contribution in [0.15, 0.2) is 35.1 Å². The van der Waals surface area contributed by atoms with E-state index in [9.17, 15) is 4.39 Å². The topological polar surface area (TPSA) is 29.9 Å². The lowest BCUT2D eigenvalue weighted by Gasteiger charge is -2.07. The van der Waals surface area contributed by atoms with Gasteiger partial charge < -0.3 is 9.88 Å². The van der Waals surface area contributed by atoms with Crippen LogP contribution in [0.3, 0.4) is 0 Å². The Kier molecular flexibility index (Phi) is 3.91. The molecule has 1 heterocycles. The van der Waals surface area contributed by atoms with Gasteiger partial charge in [0.25, 0.3) is 0 Å². The lowest BCUT2D eigenvalue weighted by atomic mass is 10.2. The van der Waals surface area contributed by atoms with Gasteiger partial charge in [-0.1, -0.05) is 22.0 Å². The Labute approximate surface area is 108 Å². The van der Waals surface area contributed by atoms with Gasteiger partial charge in [0, 0.05) is 30.5 Å². The molecule has 3 nitrogen and oxygen atoms in total. The second-order valence-electron chi connectivity index (χ2n) is 3.79. The number of aromatic nitrogens is 2. The fourth-order valence-corrected chi connectivity index (χ4v) is 2.03. The number of benzene rings is 1. The minimum Gasteiger partial charge on any atom is -0.337 e. The summed E-state index contributed by atoms with van der Waals surface area (Å²) in [6, 6.07) is 4.70. The number of hydrogen-bond donors (Lipinski definition) is 1.